The van der Waals surface area contributed by atoms with E-state index >= 15 is 0 Å². The molecular weight excluding hydrogens is 398 g/mol. The van der Waals surface area contributed by atoms with Gasteiger partial charge < -0.3 is 24.1 Å². The fraction of sp³-hybridized carbons (Fsp3) is 0.917. The fourth-order valence-corrected chi connectivity index (χ4v) is 10.0. The maximum absolute atomic E-state index is 12.4. The van der Waals surface area contributed by atoms with Gasteiger partial charge in [-0.05, 0) is 25.2 Å². The highest BCUT2D eigenvalue weighted by molar-refractivity contribution is 5.71. The first-order chi connectivity index (χ1) is 14.8. The number of aliphatic hydroxyl groups is 1. The minimum Gasteiger partial charge on any atom is -0.462 e. The van der Waals surface area contributed by atoms with Crippen molar-refractivity contribution in [3.63, 3.8) is 0 Å². The molecule has 5 saturated carbocycles. The second-order valence-corrected chi connectivity index (χ2v) is 11.2. The maximum atomic E-state index is 12.4. The van der Waals surface area contributed by atoms with E-state index in [0.717, 1.165) is 19.3 Å². The van der Waals surface area contributed by atoms with Gasteiger partial charge in [-0.15, -0.1) is 0 Å². The fourth-order valence-electron chi connectivity index (χ4n) is 10.0. The smallest absolute Gasteiger partial charge is 0.302 e. The third kappa shape index (κ3) is 2.07. The molecule has 1 aliphatic heterocycles. The van der Waals surface area contributed by atoms with Gasteiger partial charge >= 0.3 is 5.97 Å². The molecule has 172 valence electrons. The molecule has 13 atom stereocenters. The van der Waals surface area contributed by atoms with Crippen molar-refractivity contribution in [1.82, 2.24) is 0 Å². The Bertz CT molecular complexity index is 833. The number of methoxy groups -OCH3 is 3. The summed E-state index contributed by atoms with van der Waals surface area (Å²) in [5, 5.41) is 11.6. The highest BCUT2D eigenvalue weighted by Crippen LogP contribution is 2.79. The van der Waals surface area contributed by atoms with Gasteiger partial charge in [0.25, 0.3) is 0 Å². The van der Waals surface area contributed by atoms with E-state index in [-0.39, 0.29) is 70.7 Å². The molecule has 1 N–H and O–H groups in total. The molecule has 0 aromatic rings. The largest absolute Gasteiger partial charge is 0.462 e. The molecule has 6 aliphatic rings. The number of fused-ring (bicyclic) bond motifs is 2. The topological polar surface area (TPSA) is 86.6 Å². The quantitative estimate of drug-likeness (QED) is 0.681. The molecule has 0 amide bonds. The molecule has 0 unspecified atom stereocenters. The van der Waals surface area contributed by atoms with Crippen molar-refractivity contribution in [1.29, 1.82) is 0 Å². The molecule has 0 saturated heterocycles. The predicted molar refractivity (Wildman–Crippen MR) is 112 cm³/mol. The van der Waals surface area contributed by atoms with Gasteiger partial charge in [0, 0.05) is 75.4 Å². The summed E-state index contributed by atoms with van der Waals surface area (Å²) in [5.74, 6) is 0.00850. The molecule has 0 aromatic heterocycles. The monoisotopic (exact) mass is 433 g/mol. The Morgan fingerprint density at radius 3 is 2.61 bits per heavy atom. The van der Waals surface area contributed by atoms with Crippen LogP contribution in [0.2, 0.25) is 0 Å². The molecule has 7 heteroatoms. The van der Waals surface area contributed by atoms with Gasteiger partial charge in [-0.1, -0.05) is 6.92 Å². The van der Waals surface area contributed by atoms with E-state index in [4.69, 9.17) is 23.9 Å². The second-order valence-electron chi connectivity index (χ2n) is 11.2. The van der Waals surface area contributed by atoms with Gasteiger partial charge in [-0.3, -0.25) is 9.79 Å². The maximum Gasteiger partial charge on any atom is 0.302 e. The van der Waals surface area contributed by atoms with Crippen molar-refractivity contribution in [2.24, 2.45) is 45.4 Å². The van der Waals surface area contributed by atoms with Crippen molar-refractivity contribution < 1.29 is 28.8 Å². The number of esters is 1. The Labute approximate surface area is 183 Å². The summed E-state index contributed by atoms with van der Waals surface area (Å²) < 4.78 is 24.8. The van der Waals surface area contributed by atoms with Crippen LogP contribution in [0.5, 0.6) is 0 Å². The number of carbonyl (C=O) groups is 1. The molecule has 5 fully saturated rings. The summed E-state index contributed by atoms with van der Waals surface area (Å²) in [6.45, 7) is 3.78. The first kappa shape index (κ1) is 20.6. The number of hydrogen-bond acceptors (Lipinski definition) is 7. The number of nitrogens with zero attached hydrogens (tertiary/aromatic N) is 1. The van der Waals surface area contributed by atoms with Crippen LogP contribution in [0.3, 0.4) is 0 Å². The van der Waals surface area contributed by atoms with Crippen LogP contribution in [0.1, 0.15) is 39.5 Å². The molecule has 6 rings (SSSR count). The van der Waals surface area contributed by atoms with Crippen LogP contribution in [-0.4, -0.2) is 74.7 Å². The highest BCUT2D eigenvalue weighted by atomic mass is 16.6. The molecule has 0 radical (unpaired) electrons. The lowest BCUT2D eigenvalue weighted by molar-refractivity contribution is -0.241. The molecule has 7 nitrogen and oxygen atoms in total. The Kier molecular flexibility index (Phi) is 4.19. The van der Waals surface area contributed by atoms with E-state index in [9.17, 15) is 9.90 Å². The van der Waals surface area contributed by atoms with Gasteiger partial charge in [0.15, 0.2) is 0 Å². The number of rotatable bonds is 4. The standard InChI is InChI=1S/C24H35NO6/c1-11(26)31-19-17-21-24(15(29-4)6-7-22(2,10-25-21)20(19)24)13-8-12-14(28-3)9-23(17,30-5)16(13)18(12)27/h10,12-21,27H,6-9H2,1-5H3/t12-,13-,14+,15+,16-,17+,18+,19+,20-,21-,22+,23+,24+/m1/s1. The lowest BCUT2D eigenvalue weighted by Crippen LogP contribution is -2.70. The van der Waals surface area contributed by atoms with Gasteiger partial charge in [0.1, 0.15) is 6.10 Å². The molecule has 1 heterocycles. The van der Waals surface area contributed by atoms with Crippen LogP contribution >= 0.6 is 0 Å². The zero-order valence-corrected chi connectivity index (χ0v) is 19.1. The molecule has 31 heavy (non-hydrogen) atoms. The average Bonchev–Trinajstić information content (AvgIpc) is 3.10. The molecule has 0 aromatic carbocycles. The SMILES string of the molecule is CO[C@H]1C[C@]2(OC)[C@H]3[C@@H](O)[C@@H]1C[C@H]3[C@@]13[C@@H](OC)CC[C@@]4(C)C=N[C@@H]1[C@@H]2[C@H](OC(C)=O)[C@@H]34. The lowest BCUT2D eigenvalue weighted by Gasteiger charge is -2.64. The first-order valence-corrected chi connectivity index (χ1v) is 11.8. The summed E-state index contributed by atoms with van der Waals surface area (Å²) >= 11 is 0. The number of ether oxygens (including phenoxy) is 4. The van der Waals surface area contributed by atoms with E-state index in [1.165, 1.54) is 6.92 Å². The van der Waals surface area contributed by atoms with Crippen molar-refractivity contribution in [3.05, 3.63) is 0 Å². The van der Waals surface area contributed by atoms with Crippen LogP contribution in [0.25, 0.3) is 0 Å². The predicted octanol–water partition coefficient (Wildman–Crippen LogP) is 1.85. The summed E-state index contributed by atoms with van der Waals surface area (Å²) in [6.07, 6.45) is 4.81. The highest BCUT2D eigenvalue weighted by Gasteiger charge is 2.85. The van der Waals surface area contributed by atoms with E-state index in [2.05, 4.69) is 13.1 Å². The molecule has 1 spiro atoms. The number of aliphatic imine (C=N–C) groups is 1. The van der Waals surface area contributed by atoms with Gasteiger partial charge in [0.2, 0.25) is 0 Å². The Morgan fingerprint density at radius 1 is 1.19 bits per heavy atom. The van der Waals surface area contributed by atoms with E-state index < -0.39 is 11.7 Å². The minimum atomic E-state index is -0.633. The summed E-state index contributed by atoms with van der Waals surface area (Å²) in [6, 6.07) is -0.0390. The van der Waals surface area contributed by atoms with E-state index in [0.29, 0.717) is 6.42 Å². The van der Waals surface area contributed by atoms with Crippen LogP contribution in [0.4, 0.5) is 0 Å². The third-order valence-electron chi connectivity index (χ3n) is 10.6. The normalized spacial score (nSPS) is 60.2. The number of aliphatic hydroxyl groups excluding tert-OH is 1. The zero-order valence-electron chi connectivity index (χ0n) is 19.1. The molecule has 5 aliphatic carbocycles. The third-order valence-corrected chi connectivity index (χ3v) is 10.6. The summed E-state index contributed by atoms with van der Waals surface area (Å²) in [7, 11) is 5.30. The Hall–Kier alpha value is -1.02. The van der Waals surface area contributed by atoms with Gasteiger partial charge in [-0.25, -0.2) is 0 Å². The molecule has 7 bridgehead atoms. The second kappa shape index (κ2) is 6.31. The first-order valence-electron chi connectivity index (χ1n) is 11.8. The minimum absolute atomic E-state index is 0.0218. The van der Waals surface area contributed by atoms with Crippen LogP contribution in [-0.2, 0) is 23.7 Å². The average molecular weight is 434 g/mol. The Balaban J connectivity index is 1.64. The number of hydrogen-bond donors (Lipinski definition) is 1. The summed E-state index contributed by atoms with van der Waals surface area (Å²) in [4.78, 5) is 17.6. The van der Waals surface area contributed by atoms with Gasteiger partial charge in [-0.2, -0.15) is 0 Å². The van der Waals surface area contributed by atoms with Crippen LogP contribution in [0, 0.1) is 40.4 Å². The number of carbonyl (C=O) groups excluding carboxylic acids is 1. The van der Waals surface area contributed by atoms with Crippen molar-refractivity contribution in [2.75, 3.05) is 21.3 Å². The zero-order chi connectivity index (χ0) is 21.9. The van der Waals surface area contributed by atoms with Crippen LogP contribution < -0.4 is 0 Å². The van der Waals surface area contributed by atoms with Crippen molar-refractivity contribution >= 4 is 12.2 Å². The van der Waals surface area contributed by atoms with Crippen molar-refractivity contribution in [2.45, 2.75) is 75.6 Å². The Morgan fingerprint density at radius 2 is 1.97 bits per heavy atom. The van der Waals surface area contributed by atoms with Crippen LogP contribution in [0.15, 0.2) is 4.99 Å². The summed E-state index contributed by atoms with van der Waals surface area (Å²) in [5.41, 5.74) is -1.05. The van der Waals surface area contributed by atoms with Gasteiger partial charge in [0.05, 0.1) is 30.0 Å². The van der Waals surface area contributed by atoms with E-state index in [1.807, 2.05) is 7.11 Å². The van der Waals surface area contributed by atoms with Crippen molar-refractivity contribution in [3.8, 4) is 0 Å². The van der Waals surface area contributed by atoms with E-state index in [1.54, 1.807) is 14.2 Å². The lowest BCUT2D eigenvalue weighted by atomic mass is 9.44. The molecular formula is C24H35NO6.